The van der Waals surface area contributed by atoms with Crippen molar-refractivity contribution < 1.29 is 0 Å². The molecule has 0 radical (unpaired) electrons. The summed E-state index contributed by atoms with van der Waals surface area (Å²) in [5, 5.41) is 3.54. The molecule has 1 saturated carbocycles. The summed E-state index contributed by atoms with van der Waals surface area (Å²) in [6.07, 6.45) is 6.89. The molecule has 102 valence electrons. The molecule has 0 heterocycles. The van der Waals surface area contributed by atoms with E-state index in [9.17, 15) is 0 Å². The van der Waals surface area contributed by atoms with Crippen LogP contribution in [0.25, 0.3) is 0 Å². The van der Waals surface area contributed by atoms with Gasteiger partial charge in [0.25, 0.3) is 0 Å². The molecule has 0 aromatic heterocycles. The molecule has 0 bridgehead atoms. The lowest BCUT2D eigenvalue weighted by Gasteiger charge is -2.38. The second-order valence-electron chi connectivity index (χ2n) is 5.64. The van der Waals surface area contributed by atoms with Crippen molar-refractivity contribution in [3.63, 3.8) is 0 Å². The predicted octanol–water partition coefficient (Wildman–Crippen LogP) is 3.13. The molecular formula is C15H32N2. The van der Waals surface area contributed by atoms with Crippen LogP contribution in [-0.4, -0.2) is 37.6 Å². The SMILES string of the molecule is CCCN(CC)CC1CC(CC)CCC1NC. The first-order valence-corrected chi connectivity index (χ1v) is 7.64. The van der Waals surface area contributed by atoms with Crippen LogP contribution < -0.4 is 5.32 Å². The molecule has 3 atom stereocenters. The van der Waals surface area contributed by atoms with Crippen molar-refractivity contribution in [2.45, 2.75) is 58.9 Å². The Hall–Kier alpha value is -0.0800. The van der Waals surface area contributed by atoms with Crippen LogP contribution in [0.15, 0.2) is 0 Å². The molecule has 17 heavy (non-hydrogen) atoms. The van der Waals surface area contributed by atoms with Gasteiger partial charge in [-0.15, -0.1) is 0 Å². The topological polar surface area (TPSA) is 15.3 Å². The highest BCUT2D eigenvalue weighted by Gasteiger charge is 2.29. The van der Waals surface area contributed by atoms with Crippen LogP contribution in [-0.2, 0) is 0 Å². The van der Waals surface area contributed by atoms with E-state index in [-0.39, 0.29) is 0 Å². The van der Waals surface area contributed by atoms with Gasteiger partial charge in [-0.25, -0.2) is 0 Å². The minimum absolute atomic E-state index is 0.753. The monoisotopic (exact) mass is 240 g/mol. The largest absolute Gasteiger partial charge is 0.317 e. The fourth-order valence-corrected chi connectivity index (χ4v) is 3.34. The van der Waals surface area contributed by atoms with Gasteiger partial charge in [-0.05, 0) is 57.7 Å². The Morgan fingerprint density at radius 3 is 2.47 bits per heavy atom. The van der Waals surface area contributed by atoms with Crippen molar-refractivity contribution in [3.05, 3.63) is 0 Å². The molecule has 1 aliphatic rings. The zero-order valence-electron chi connectivity index (χ0n) is 12.3. The van der Waals surface area contributed by atoms with Crippen molar-refractivity contribution in [2.75, 3.05) is 26.7 Å². The maximum atomic E-state index is 3.54. The number of hydrogen-bond donors (Lipinski definition) is 1. The van der Waals surface area contributed by atoms with E-state index in [2.05, 4.69) is 38.0 Å². The lowest BCUT2D eigenvalue weighted by Crippen LogP contribution is -2.44. The Morgan fingerprint density at radius 2 is 1.94 bits per heavy atom. The fourth-order valence-electron chi connectivity index (χ4n) is 3.34. The first-order chi connectivity index (χ1) is 8.24. The van der Waals surface area contributed by atoms with Gasteiger partial charge >= 0.3 is 0 Å². The number of hydrogen-bond acceptors (Lipinski definition) is 2. The van der Waals surface area contributed by atoms with Crippen LogP contribution in [0.5, 0.6) is 0 Å². The van der Waals surface area contributed by atoms with E-state index in [4.69, 9.17) is 0 Å². The minimum Gasteiger partial charge on any atom is -0.317 e. The Labute approximate surface area is 108 Å². The van der Waals surface area contributed by atoms with Gasteiger partial charge in [0, 0.05) is 12.6 Å². The molecule has 0 spiro atoms. The molecule has 2 nitrogen and oxygen atoms in total. The van der Waals surface area contributed by atoms with Crippen LogP contribution >= 0.6 is 0 Å². The summed E-state index contributed by atoms with van der Waals surface area (Å²) in [5.41, 5.74) is 0. The second kappa shape index (κ2) is 8.10. The van der Waals surface area contributed by atoms with Crippen LogP contribution in [0.1, 0.15) is 52.9 Å². The first-order valence-electron chi connectivity index (χ1n) is 7.64. The van der Waals surface area contributed by atoms with Crippen molar-refractivity contribution in [2.24, 2.45) is 11.8 Å². The molecule has 0 amide bonds. The predicted molar refractivity (Wildman–Crippen MR) is 76.4 cm³/mol. The molecule has 0 saturated heterocycles. The average molecular weight is 240 g/mol. The molecule has 0 aliphatic heterocycles. The zero-order chi connectivity index (χ0) is 12.7. The van der Waals surface area contributed by atoms with Crippen molar-refractivity contribution in [1.29, 1.82) is 0 Å². The standard InChI is InChI=1S/C15H32N2/c1-5-10-17(7-3)12-14-11-13(6-2)8-9-15(14)16-4/h13-16H,5-12H2,1-4H3. The molecule has 0 aromatic carbocycles. The Kier molecular flexibility index (Phi) is 7.14. The van der Waals surface area contributed by atoms with Gasteiger partial charge in [0.15, 0.2) is 0 Å². The maximum absolute atomic E-state index is 3.54. The van der Waals surface area contributed by atoms with Gasteiger partial charge in [-0.3, -0.25) is 0 Å². The average Bonchev–Trinajstić information content (AvgIpc) is 2.38. The summed E-state index contributed by atoms with van der Waals surface area (Å²) in [7, 11) is 2.14. The zero-order valence-corrected chi connectivity index (χ0v) is 12.3. The Morgan fingerprint density at radius 1 is 1.18 bits per heavy atom. The van der Waals surface area contributed by atoms with E-state index in [0.717, 1.165) is 17.9 Å². The van der Waals surface area contributed by atoms with Crippen molar-refractivity contribution >= 4 is 0 Å². The Bertz CT molecular complexity index is 193. The van der Waals surface area contributed by atoms with Crippen LogP contribution in [0.3, 0.4) is 0 Å². The minimum atomic E-state index is 0.753. The van der Waals surface area contributed by atoms with Crippen LogP contribution in [0.2, 0.25) is 0 Å². The van der Waals surface area contributed by atoms with Gasteiger partial charge in [-0.2, -0.15) is 0 Å². The van der Waals surface area contributed by atoms with Crippen molar-refractivity contribution in [1.82, 2.24) is 10.2 Å². The highest BCUT2D eigenvalue weighted by atomic mass is 15.1. The summed E-state index contributed by atoms with van der Waals surface area (Å²) in [5.74, 6) is 1.84. The van der Waals surface area contributed by atoms with Gasteiger partial charge < -0.3 is 10.2 Å². The number of nitrogens with one attached hydrogen (secondary N) is 1. The normalized spacial score (nSPS) is 29.8. The first kappa shape index (κ1) is 15.0. The summed E-state index contributed by atoms with van der Waals surface area (Å²) in [6.45, 7) is 10.7. The summed E-state index contributed by atoms with van der Waals surface area (Å²) >= 11 is 0. The molecule has 1 fully saturated rings. The summed E-state index contributed by atoms with van der Waals surface area (Å²) in [4.78, 5) is 2.63. The highest BCUT2D eigenvalue weighted by Crippen LogP contribution is 2.31. The molecule has 0 aromatic rings. The third-order valence-electron chi connectivity index (χ3n) is 4.52. The van der Waals surface area contributed by atoms with Gasteiger partial charge in [0.05, 0.1) is 0 Å². The smallest absolute Gasteiger partial charge is 0.0105 e. The van der Waals surface area contributed by atoms with E-state index >= 15 is 0 Å². The van der Waals surface area contributed by atoms with E-state index in [0.29, 0.717) is 0 Å². The molecule has 2 heteroatoms. The number of rotatable bonds is 7. The van der Waals surface area contributed by atoms with Gasteiger partial charge in [0.2, 0.25) is 0 Å². The van der Waals surface area contributed by atoms with Crippen LogP contribution in [0, 0.1) is 11.8 Å². The second-order valence-corrected chi connectivity index (χ2v) is 5.64. The van der Waals surface area contributed by atoms with E-state index < -0.39 is 0 Å². The third-order valence-corrected chi connectivity index (χ3v) is 4.52. The fraction of sp³-hybridized carbons (Fsp3) is 1.00. The lowest BCUT2D eigenvalue weighted by atomic mass is 9.76. The molecule has 1 aliphatic carbocycles. The van der Waals surface area contributed by atoms with E-state index in [1.54, 1.807) is 0 Å². The number of nitrogens with zero attached hydrogens (tertiary/aromatic N) is 1. The quantitative estimate of drug-likeness (QED) is 0.735. The molecule has 1 rings (SSSR count). The maximum Gasteiger partial charge on any atom is 0.0105 e. The van der Waals surface area contributed by atoms with E-state index in [1.165, 1.54) is 51.7 Å². The van der Waals surface area contributed by atoms with Gasteiger partial charge in [-0.1, -0.05) is 27.2 Å². The molecular weight excluding hydrogens is 208 g/mol. The highest BCUT2D eigenvalue weighted by molar-refractivity contribution is 4.85. The van der Waals surface area contributed by atoms with Crippen molar-refractivity contribution in [3.8, 4) is 0 Å². The summed E-state index contributed by atoms with van der Waals surface area (Å²) < 4.78 is 0. The Balaban J connectivity index is 2.50. The third kappa shape index (κ3) is 4.59. The lowest BCUT2D eigenvalue weighted by molar-refractivity contribution is 0.145. The molecule has 1 N–H and O–H groups in total. The molecule has 3 unspecified atom stereocenters. The van der Waals surface area contributed by atoms with E-state index in [1.807, 2.05) is 0 Å². The summed E-state index contributed by atoms with van der Waals surface area (Å²) in [6, 6.07) is 0.753. The van der Waals surface area contributed by atoms with Gasteiger partial charge in [0.1, 0.15) is 0 Å². The van der Waals surface area contributed by atoms with Crippen LogP contribution in [0.4, 0.5) is 0 Å².